The molecular weight excluding hydrogens is 468 g/mol. The zero-order valence-corrected chi connectivity index (χ0v) is 19.2. The standard InChI is InChI=1S/C22H20N2O7S2/c1-30-16-6-3-12(9-17(16)31-2)10-18-20(27)24(22(32)33-18)8-7-19(26)23-13-4-5-15(25)14(11-13)21(28)29/h3-6,9-11,25H,7-8H2,1-2H3,(H,23,26)(H,28,29)/p-1/b18-10-. The van der Waals surface area contributed by atoms with E-state index < -0.39 is 23.2 Å². The van der Waals surface area contributed by atoms with Crippen LogP contribution in [0.25, 0.3) is 6.08 Å². The minimum Gasteiger partial charge on any atom is -0.872 e. The van der Waals surface area contributed by atoms with Gasteiger partial charge in [-0.1, -0.05) is 41.9 Å². The fourth-order valence-corrected chi connectivity index (χ4v) is 4.31. The van der Waals surface area contributed by atoms with Crippen LogP contribution in [-0.2, 0) is 9.59 Å². The second-order valence-corrected chi connectivity index (χ2v) is 8.44. The summed E-state index contributed by atoms with van der Waals surface area (Å²) < 4.78 is 10.8. The average Bonchev–Trinajstić information content (AvgIpc) is 3.05. The molecule has 3 rings (SSSR count). The molecule has 0 bridgehead atoms. The Labute approximate surface area is 199 Å². The molecule has 11 heteroatoms. The fourth-order valence-electron chi connectivity index (χ4n) is 3.00. The number of methoxy groups -OCH3 is 2. The Morgan fingerprint density at radius 2 is 1.91 bits per heavy atom. The third-order valence-electron chi connectivity index (χ3n) is 4.64. The highest BCUT2D eigenvalue weighted by Crippen LogP contribution is 2.34. The van der Waals surface area contributed by atoms with Crippen molar-refractivity contribution in [2.24, 2.45) is 0 Å². The summed E-state index contributed by atoms with van der Waals surface area (Å²) in [6, 6.07) is 8.72. The van der Waals surface area contributed by atoms with Gasteiger partial charge < -0.3 is 25.0 Å². The van der Waals surface area contributed by atoms with Gasteiger partial charge in [0.15, 0.2) is 11.5 Å². The number of anilines is 1. The van der Waals surface area contributed by atoms with Crippen LogP contribution in [0.2, 0.25) is 0 Å². The Morgan fingerprint density at radius 1 is 1.18 bits per heavy atom. The molecule has 1 aliphatic heterocycles. The van der Waals surface area contributed by atoms with Crippen LogP contribution in [0.5, 0.6) is 17.2 Å². The van der Waals surface area contributed by atoms with Gasteiger partial charge in [-0.2, -0.15) is 0 Å². The zero-order valence-electron chi connectivity index (χ0n) is 17.6. The predicted molar refractivity (Wildman–Crippen MR) is 126 cm³/mol. The van der Waals surface area contributed by atoms with Crippen LogP contribution in [0.4, 0.5) is 5.69 Å². The number of nitrogens with zero attached hydrogens (tertiary/aromatic N) is 1. The lowest BCUT2D eigenvalue weighted by Crippen LogP contribution is -2.31. The number of carboxylic acids is 1. The maximum Gasteiger partial charge on any atom is 0.335 e. The molecule has 0 spiro atoms. The molecule has 9 nitrogen and oxygen atoms in total. The summed E-state index contributed by atoms with van der Waals surface area (Å²) in [6.07, 6.45) is 1.61. The first-order valence-corrected chi connectivity index (χ1v) is 10.8. The Hall–Kier alpha value is -3.57. The molecular formula is C22H19N2O7S2-. The van der Waals surface area contributed by atoms with Gasteiger partial charge in [-0.05, 0) is 35.9 Å². The van der Waals surface area contributed by atoms with E-state index in [1.54, 1.807) is 24.3 Å². The first kappa shape index (κ1) is 24.1. The third kappa shape index (κ3) is 5.62. The van der Waals surface area contributed by atoms with Gasteiger partial charge in [0.1, 0.15) is 4.32 Å². The van der Waals surface area contributed by atoms with Crippen molar-refractivity contribution >= 4 is 57.8 Å². The van der Waals surface area contributed by atoms with Gasteiger partial charge in [-0.15, -0.1) is 0 Å². The van der Waals surface area contributed by atoms with Crippen LogP contribution in [0.3, 0.4) is 0 Å². The van der Waals surface area contributed by atoms with Crippen molar-refractivity contribution in [3.63, 3.8) is 0 Å². The SMILES string of the molecule is COc1ccc(/C=C2\SC(=S)N(CCC(=O)Nc3ccc([O-])c(C(=O)O)c3)C2=O)cc1OC. The van der Waals surface area contributed by atoms with Crippen LogP contribution in [0.15, 0.2) is 41.3 Å². The van der Waals surface area contributed by atoms with Crippen molar-refractivity contribution in [2.45, 2.75) is 6.42 Å². The Bertz CT molecular complexity index is 1160. The Balaban J connectivity index is 1.64. The lowest BCUT2D eigenvalue weighted by Gasteiger charge is -2.15. The summed E-state index contributed by atoms with van der Waals surface area (Å²) in [5.41, 5.74) is 0.461. The van der Waals surface area contributed by atoms with Gasteiger partial charge in [0, 0.05) is 18.7 Å². The van der Waals surface area contributed by atoms with E-state index >= 15 is 0 Å². The molecule has 2 aromatic carbocycles. The second kappa shape index (κ2) is 10.4. The number of ether oxygens (including phenoxy) is 2. The van der Waals surface area contributed by atoms with Crippen molar-refractivity contribution in [3.8, 4) is 17.2 Å². The number of hydrogen-bond acceptors (Lipinski definition) is 8. The molecule has 0 atom stereocenters. The van der Waals surface area contributed by atoms with Crippen molar-refractivity contribution in [3.05, 3.63) is 52.4 Å². The molecule has 2 amide bonds. The molecule has 0 radical (unpaired) electrons. The number of hydrogen-bond donors (Lipinski definition) is 2. The molecule has 33 heavy (non-hydrogen) atoms. The topological polar surface area (TPSA) is 128 Å². The molecule has 1 heterocycles. The van der Waals surface area contributed by atoms with Crippen LogP contribution < -0.4 is 19.9 Å². The van der Waals surface area contributed by atoms with Crippen LogP contribution in [0.1, 0.15) is 22.3 Å². The van der Waals surface area contributed by atoms with Crippen LogP contribution >= 0.6 is 24.0 Å². The number of nitrogens with one attached hydrogen (secondary N) is 1. The number of benzene rings is 2. The van der Waals surface area contributed by atoms with Crippen molar-refractivity contribution in [1.82, 2.24) is 4.90 Å². The van der Waals surface area contributed by atoms with Crippen LogP contribution in [0, 0.1) is 0 Å². The molecule has 0 unspecified atom stereocenters. The van der Waals surface area contributed by atoms with Crippen molar-refractivity contribution in [2.75, 3.05) is 26.1 Å². The summed E-state index contributed by atoms with van der Waals surface area (Å²) in [5.74, 6) is -1.73. The normalized spacial score (nSPS) is 14.5. The number of carboxylic acid groups (broad SMARTS) is 1. The lowest BCUT2D eigenvalue weighted by atomic mass is 10.1. The van der Waals surface area contributed by atoms with E-state index in [0.717, 1.165) is 29.5 Å². The van der Waals surface area contributed by atoms with Crippen LogP contribution in [-0.4, -0.2) is 52.9 Å². The molecule has 172 valence electrons. The fraction of sp³-hybridized carbons (Fsp3) is 0.182. The Morgan fingerprint density at radius 3 is 2.58 bits per heavy atom. The summed E-state index contributed by atoms with van der Waals surface area (Å²) >= 11 is 6.42. The first-order valence-electron chi connectivity index (χ1n) is 9.55. The molecule has 0 saturated carbocycles. The van der Waals surface area contributed by atoms with E-state index in [1.807, 2.05) is 0 Å². The highest BCUT2D eigenvalue weighted by Gasteiger charge is 2.32. The summed E-state index contributed by atoms with van der Waals surface area (Å²) in [5, 5.41) is 23.1. The van der Waals surface area contributed by atoms with Crippen molar-refractivity contribution < 1.29 is 34.1 Å². The number of thiocarbonyl (C=S) groups is 1. The number of thioether (sulfide) groups is 1. The number of rotatable bonds is 8. The number of amides is 2. The minimum absolute atomic E-state index is 0.0468. The monoisotopic (exact) mass is 487 g/mol. The molecule has 1 saturated heterocycles. The first-order chi connectivity index (χ1) is 15.7. The molecule has 2 aromatic rings. The summed E-state index contributed by atoms with van der Waals surface area (Å²) in [7, 11) is 3.05. The molecule has 1 aliphatic rings. The summed E-state index contributed by atoms with van der Waals surface area (Å²) in [6.45, 7) is 0.0468. The number of carbonyl (C=O) groups excluding carboxylic acids is 2. The number of carbonyl (C=O) groups is 3. The van der Waals surface area contributed by atoms with Gasteiger partial charge in [-0.25, -0.2) is 4.79 Å². The van der Waals surface area contributed by atoms with E-state index in [2.05, 4.69) is 5.32 Å². The third-order valence-corrected chi connectivity index (χ3v) is 6.01. The largest absolute Gasteiger partial charge is 0.872 e. The van der Waals surface area contributed by atoms with Gasteiger partial charge in [-0.3, -0.25) is 14.5 Å². The maximum absolute atomic E-state index is 12.8. The van der Waals surface area contributed by atoms with Gasteiger partial charge in [0.05, 0.1) is 24.7 Å². The van der Waals surface area contributed by atoms with E-state index in [9.17, 15) is 19.5 Å². The quantitative estimate of drug-likeness (QED) is 0.427. The minimum atomic E-state index is -1.38. The average molecular weight is 488 g/mol. The lowest BCUT2D eigenvalue weighted by molar-refractivity contribution is -0.268. The van der Waals surface area contributed by atoms with E-state index in [1.165, 1.54) is 25.2 Å². The predicted octanol–water partition coefficient (Wildman–Crippen LogP) is 2.71. The van der Waals surface area contributed by atoms with E-state index in [4.69, 9.17) is 26.8 Å². The van der Waals surface area contributed by atoms with Gasteiger partial charge in [0.2, 0.25) is 5.91 Å². The van der Waals surface area contributed by atoms with Gasteiger partial charge in [0.25, 0.3) is 5.91 Å². The van der Waals surface area contributed by atoms with Crippen molar-refractivity contribution in [1.29, 1.82) is 0 Å². The highest BCUT2D eigenvalue weighted by molar-refractivity contribution is 8.26. The number of aromatic carboxylic acids is 1. The highest BCUT2D eigenvalue weighted by atomic mass is 32.2. The van der Waals surface area contributed by atoms with Gasteiger partial charge >= 0.3 is 5.97 Å². The zero-order chi connectivity index (χ0) is 24.1. The molecule has 2 N–H and O–H groups in total. The summed E-state index contributed by atoms with van der Waals surface area (Å²) in [4.78, 5) is 37.9. The Kier molecular flexibility index (Phi) is 7.56. The van der Waals surface area contributed by atoms with E-state index in [0.29, 0.717) is 20.7 Å². The maximum atomic E-state index is 12.8. The second-order valence-electron chi connectivity index (χ2n) is 6.76. The smallest absolute Gasteiger partial charge is 0.335 e. The molecule has 0 aromatic heterocycles. The molecule has 0 aliphatic carbocycles. The van der Waals surface area contributed by atoms with E-state index in [-0.39, 0.29) is 24.6 Å². The molecule has 1 fully saturated rings.